The smallest absolute Gasteiger partial charge is 0.423 e. The van der Waals surface area contributed by atoms with E-state index in [-0.39, 0.29) is 5.46 Å². The lowest BCUT2D eigenvalue weighted by Gasteiger charge is -2.09. The number of hydrogen-bond donors (Lipinski definition) is 2. The number of pyridine rings is 2. The lowest BCUT2D eigenvalue weighted by molar-refractivity contribution is -0.137. The normalized spacial score (nSPS) is 10.4. The van der Waals surface area contributed by atoms with Crippen molar-refractivity contribution in [2.75, 3.05) is 0 Å². The molecule has 0 atom stereocenters. The number of hydrogen-bond acceptors (Lipinski definition) is 6. The maximum absolute atomic E-state index is 12.2. The highest BCUT2D eigenvalue weighted by Gasteiger charge is 2.31. The summed E-state index contributed by atoms with van der Waals surface area (Å²) in [5.41, 5.74) is 4.53. The van der Waals surface area contributed by atoms with Crippen molar-refractivity contribution >= 4 is 41.1 Å². The van der Waals surface area contributed by atoms with Crippen molar-refractivity contribution in [2.45, 2.75) is 26.9 Å². The van der Waals surface area contributed by atoms with Crippen LogP contribution < -0.4 is 5.46 Å². The van der Waals surface area contributed by atoms with Gasteiger partial charge in [-0.2, -0.15) is 13.2 Å². The molecule has 0 amide bonds. The van der Waals surface area contributed by atoms with E-state index in [1.54, 1.807) is 24.3 Å². The number of aldehydes is 2. The Kier molecular flexibility index (Phi) is 11.7. The third-order valence-electron chi connectivity index (χ3n) is 4.99. The number of benzene rings is 2. The van der Waals surface area contributed by atoms with E-state index in [0.29, 0.717) is 27.8 Å². The van der Waals surface area contributed by atoms with Crippen LogP contribution in [0.4, 0.5) is 13.2 Å². The Morgan fingerprint density at radius 3 is 1.79 bits per heavy atom. The molecule has 0 bridgehead atoms. The summed E-state index contributed by atoms with van der Waals surface area (Å²) in [7, 11) is -1.88. The number of nitrogens with zero attached hydrogens (tertiary/aromatic N) is 2. The van der Waals surface area contributed by atoms with E-state index in [9.17, 15) is 22.8 Å². The van der Waals surface area contributed by atoms with Gasteiger partial charge in [-0.1, -0.05) is 47.0 Å². The van der Waals surface area contributed by atoms with Crippen molar-refractivity contribution in [2.24, 2.45) is 0 Å². The zero-order chi connectivity index (χ0) is 29.2. The largest absolute Gasteiger partial charge is 0.488 e. The monoisotopic (exact) mass is 600 g/mol. The Labute approximate surface area is 232 Å². The Morgan fingerprint density at radius 1 is 0.769 bits per heavy atom. The van der Waals surface area contributed by atoms with Crippen molar-refractivity contribution in [1.82, 2.24) is 9.97 Å². The number of rotatable bonds is 4. The molecule has 2 heterocycles. The first-order chi connectivity index (χ1) is 18.3. The lowest BCUT2D eigenvalue weighted by Crippen LogP contribution is -2.31. The van der Waals surface area contributed by atoms with Crippen LogP contribution in [0, 0.1) is 20.8 Å². The van der Waals surface area contributed by atoms with Crippen LogP contribution in [0.1, 0.15) is 43.2 Å². The van der Waals surface area contributed by atoms with Gasteiger partial charge in [-0.15, -0.1) is 0 Å². The third kappa shape index (κ3) is 10.5. The summed E-state index contributed by atoms with van der Waals surface area (Å²) < 4.78 is 37.4. The first-order valence-corrected chi connectivity index (χ1v) is 12.2. The molecule has 4 rings (SSSR count). The van der Waals surface area contributed by atoms with Gasteiger partial charge in [-0.25, -0.2) is 9.97 Å². The van der Waals surface area contributed by atoms with Crippen LogP contribution in [0.5, 0.6) is 0 Å². The molecular formula is C28H25BBrF3N2O4. The molecule has 4 aromatic rings. The minimum atomic E-state index is -4.46. The van der Waals surface area contributed by atoms with Crippen LogP contribution in [0.25, 0.3) is 11.3 Å². The SMILES string of the molecule is Cc1cc(B(O)O)cc(C(F)(F)F)c1.Cc1cc(C)cc(-c2cccc(C=O)n2)c1.O=Cc1cccc(Br)n1. The third-order valence-corrected chi connectivity index (χ3v) is 5.43. The number of aryl methyl sites for hydroxylation is 3. The minimum Gasteiger partial charge on any atom is -0.423 e. The van der Waals surface area contributed by atoms with Gasteiger partial charge in [0.15, 0.2) is 12.6 Å². The van der Waals surface area contributed by atoms with Gasteiger partial charge in [0.1, 0.15) is 16.0 Å². The predicted molar refractivity (Wildman–Crippen MR) is 148 cm³/mol. The summed E-state index contributed by atoms with van der Waals surface area (Å²) in [6.07, 6.45) is -2.98. The lowest BCUT2D eigenvalue weighted by atomic mass is 9.78. The van der Waals surface area contributed by atoms with Gasteiger partial charge in [0.2, 0.25) is 0 Å². The van der Waals surface area contributed by atoms with Gasteiger partial charge in [0.25, 0.3) is 0 Å². The summed E-state index contributed by atoms with van der Waals surface area (Å²) in [4.78, 5) is 28.9. The van der Waals surface area contributed by atoms with E-state index in [2.05, 4.69) is 57.9 Å². The molecule has 2 N–H and O–H groups in total. The zero-order valence-corrected chi connectivity index (χ0v) is 22.9. The van der Waals surface area contributed by atoms with Crippen LogP contribution in [0.3, 0.4) is 0 Å². The number of halogens is 4. The van der Waals surface area contributed by atoms with Gasteiger partial charge in [0.05, 0.1) is 11.3 Å². The Balaban J connectivity index is 0.000000213. The second-order valence-electron chi connectivity index (χ2n) is 8.45. The van der Waals surface area contributed by atoms with Crippen LogP contribution in [-0.2, 0) is 6.18 Å². The second kappa shape index (κ2) is 14.5. The van der Waals surface area contributed by atoms with Gasteiger partial charge in [-0.05, 0) is 84.6 Å². The maximum Gasteiger partial charge on any atom is 0.488 e. The summed E-state index contributed by atoms with van der Waals surface area (Å²) in [6, 6.07) is 19.9. The van der Waals surface area contributed by atoms with E-state index in [0.717, 1.165) is 29.7 Å². The molecule has 0 saturated carbocycles. The Hall–Kier alpha value is -3.67. The molecule has 0 fully saturated rings. The molecule has 2 aromatic heterocycles. The molecule has 0 unspecified atom stereocenters. The van der Waals surface area contributed by atoms with Crippen LogP contribution >= 0.6 is 15.9 Å². The zero-order valence-electron chi connectivity index (χ0n) is 21.3. The summed E-state index contributed by atoms with van der Waals surface area (Å²) in [6.45, 7) is 5.57. The van der Waals surface area contributed by atoms with E-state index in [1.807, 2.05) is 12.1 Å². The Bertz CT molecular complexity index is 1410. The molecule has 0 spiro atoms. The van der Waals surface area contributed by atoms with Crippen molar-refractivity contribution in [1.29, 1.82) is 0 Å². The molecule has 0 saturated heterocycles. The number of alkyl halides is 3. The number of carbonyl (C=O) groups is 2. The summed E-state index contributed by atoms with van der Waals surface area (Å²) in [5, 5.41) is 17.5. The molecule has 0 aliphatic heterocycles. The molecule has 39 heavy (non-hydrogen) atoms. The van der Waals surface area contributed by atoms with E-state index in [4.69, 9.17) is 10.0 Å². The van der Waals surface area contributed by atoms with Crippen molar-refractivity contribution in [3.8, 4) is 11.3 Å². The fourth-order valence-corrected chi connectivity index (χ4v) is 3.77. The highest BCUT2D eigenvalue weighted by atomic mass is 79.9. The van der Waals surface area contributed by atoms with E-state index < -0.39 is 18.9 Å². The van der Waals surface area contributed by atoms with Gasteiger partial charge in [-0.3, -0.25) is 9.59 Å². The Morgan fingerprint density at radius 2 is 1.31 bits per heavy atom. The van der Waals surface area contributed by atoms with Crippen LogP contribution in [0.15, 0.2) is 77.4 Å². The molecule has 6 nitrogen and oxygen atoms in total. The van der Waals surface area contributed by atoms with Gasteiger partial charge < -0.3 is 10.0 Å². The average Bonchev–Trinajstić information content (AvgIpc) is 2.88. The highest BCUT2D eigenvalue weighted by Crippen LogP contribution is 2.29. The molecule has 11 heteroatoms. The first-order valence-electron chi connectivity index (χ1n) is 11.5. The standard InChI is InChI=1S/C14H13NO.C8H8BF3O2.C6H4BrNO/c1-10-6-11(2)8-12(7-10)14-5-3-4-13(9-16)15-14;1-5-2-6(8(10,11)12)4-7(3-5)9(13)14;7-6-3-1-2-5(4-9)8-6/h3-9H,1-2H3;2-4,13-14H,1H3;1-4H. The quantitative estimate of drug-likeness (QED) is 0.182. The predicted octanol–water partition coefficient (Wildman–Crippen LogP) is 5.53. The fourth-order valence-electron chi connectivity index (χ4n) is 3.42. The first kappa shape index (κ1) is 31.6. The van der Waals surface area contributed by atoms with Crippen molar-refractivity contribution in [3.05, 3.63) is 111 Å². The van der Waals surface area contributed by atoms with Gasteiger partial charge in [0, 0.05) is 5.56 Å². The number of carbonyl (C=O) groups excluding carboxylic acids is 2. The van der Waals surface area contributed by atoms with E-state index >= 15 is 0 Å². The van der Waals surface area contributed by atoms with Crippen LogP contribution in [0.2, 0.25) is 0 Å². The van der Waals surface area contributed by atoms with Crippen molar-refractivity contribution in [3.63, 3.8) is 0 Å². The fraction of sp³-hybridized carbons (Fsp3) is 0.143. The minimum absolute atomic E-state index is 0.155. The average molecular weight is 601 g/mol. The second-order valence-corrected chi connectivity index (χ2v) is 9.26. The summed E-state index contributed by atoms with van der Waals surface area (Å²) in [5.74, 6) is 0. The highest BCUT2D eigenvalue weighted by molar-refractivity contribution is 9.10. The molecule has 0 radical (unpaired) electrons. The van der Waals surface area contributed by atoms with Crippen molar-refractivity contribution < 1.29 is 32.8 Å². The number of aromatic nitrogens is 2. The molecule has 202 valence electrons. The van der Waals surface area contributed by atoms with Crippen LogP contribution in [-0.4, -0.2) is 39.7 Å². The molecule has 0 aliphatic rings. The molecule has 2 aromatic carbocycles. The molecule has 0 aliphatic carbocycles. The maximum atomic E-state index is 12.2. The topological polar surface area (TPSA) is 100 Å². The summed E-state index contributed by atoms with van der Waals surface area (Å²) >= 11 is 3.13. The van der Waals surface area contributed by atoms with Gasteiger partial charge >= 0.3 is 13.3 Å². The van der Waals surface area contributed by atoms with E-state index in [1.165, 1.54) is 24.1 Å². The molecular weight excluding hydrogens is 576 g/mol.